The van der Waals surface area contributed by atoms with Crippen molar-refractivity contribution in [2.45, 2.75) is 26.2 Å². The van der Waals surface area contributed by atoms with Crippen molar-refractivity contribution in [2.75, 3.05) is 20.3 Å². The minimum absolute atomic E-state index is 0.700. The van der Waals surface area contributed by atoms with Crippen LogP contribution in [0, 0.1) is 0 Å². The molecule has 0 fully saturated rings. The molecule has 2 rings (SSSR count). The van der Waals surface area contributed by atoms with Crippen molar-refractivity contribution in [1.29, 1.82) is 0 Å². The van der Waals surface area contributed by atoms with Gasteiger partial charge in [-0.25, -0.2) is 0 Å². The molecule has 0 aliphatic carbocycles. The standard InChI is InChI=1S/C19H24O3/c1-3-16-8-4-5-9-19(16)22-15-7-6-14-21-18-12-10-17(20-2)11-13-18/h4-5,8-13H,3,6-7,14-15H2,1-2H3. The smallest absolute Gasteiger partial charge is 0.122 e. The lowest BCUT2D eigenvalue weighted by molar-refractivity contribution is 0.265. The molecule has 2 aromatic rings. The molecule has 0 unspecified atom stereocenters. The number of hydrogen-bond acceptors (Lipinski definition) is 3. The van der Waals surface area contributed by atoms with Crippen molar-refractivity contribution in [2.24, 2.45) is 0 Å². The van der Waals surface area contributed by atoms with Crippen LogP contribution in [0.3, 0.4) is 0 Å². The van der Waals surface area contributed by atoms with Crippen LogP contribution in [0.5, 0.6) is 17.2 Å². The van der Waals surface area contributed by atoms with Crippen molar-refractivity contribution < 1.29 is 14.2 Å². The highest BCUT2D eigenvalue weighted by Crippen LogP contribution is 2.19. The molecule has 2 aromatic carbocycles. The van der Waals surface area contributed by atoms with Gasteiger partial charge >= 0.3 is 0 Å². The highest BCUT2D eigenvalue weighted by molar-refractivity contribution is 5.33. The predicted octanol–water partition coefficient (Wildman–Crippen LogP) is 4.50. The van der Waals surface area contributed by atoms with Gasteiger partial charge in [-0.05, 0) is 55.2 Å². The first-order valence-corrected chi connectivity index (χ1v) is 7.81. The van der Waals surface area contributed by atoms with E-state index in [4.69, 9.17) is 14.2 Å². The Labute approximate surface area is 132 Å². The molecule has 0 amide bonds. The van der Waals surface area contributed by atoms with Crippen molar-refractivity contribution >= 4 is 0 Å². The van der Waals surface area contributed by atoms with E-state index in [2.05, 4.69) is 13.0 Å². The molecule has 0 aliphatic rings. The molecule has 0 atom stereocenters. The van der Waals surface area contributed by atoms with Gasteiger partial charge < -0.3 is 14.2 Å². The molecule has 118 valence electrons. The van der Waals surface area contributed by atoms with E-state index in [1.807, 2.05) is 42.5 Å². The molecule has 3 nitrogen and oxygen atoms in total. The second kappa shape index (κ2) is 8.98. The van der Waals surface area contributed by atoms with Gasteiger partial charge in [-0.2, -0.15) is 0 Å². The van der Waals surface area contributed by atoms with Crippen LogP contribution in [0.1, 0.15) is 25.3 Å². The fraction of sp³-hybridized carbons (Fsp3) is 0.368. The second-order valence-electron chi connectivity index (χ2n) is 5.04. The van der Waals surface area contributed by atoms with Crippen molar-refractivity contribution in [3.8, 4) is 17.2 Å². The number of ether oxygens (including phenoxy) is 3. The molecule has 0 aliphatic heterocycles. The first-order valence-electron chi connectivity index (χ1n) is 7.81. The van der Waals surface area contributed by atoms with E-state index in [0.717, 1.165) is 43.1 Å². The highest BCUT2D eigenvalue weighted by Gasteiger charge is 2.00. The third kappa shape index (κ3) is 4.99. The summed E-state index contributed by atoms with van der Waals surface area (Å²) in [7, 11) is 1.66. The number of para-hydroxylation sites is 1. The summed E-state index contributed by atoms with van der Waals surface area (Å²) in [6.07, 6.45) is 2.95. The fourth-order valence-corrected chi connectivity index (χ4v) is 2.18. The Kier molecular flexibility index (Phi) is 6.62. The molecule has 0 N–H and O–H groups in total. The average molecular weight is 300 g/mol. The summed E-state index contributed by atoms with van der Waals surface area (Å²) in [5.41, 5.74) is 1.26. The molecule has 22 heavy (non-hydrogen) atoms. The van der Waals surface area contributed by atoms with E-state index < -0.39 is 0 Å². The summed E-state index contributed by atoms with van der Waals surface area (Å²) in [6, 6.07) is 15.9. The Bertz CT molecular complexity index is 549. The van der Waals surface area contributed by atoms with Gasteiger partial charge in [0.25, 0.3) is 0 Å². The zero-order chi connectivity index (χ0) is 15.6. The summed E-state index contributed by atoms with van der Waals surface area (Å²) in [6.45, 7) is 3.57. The average Bonchev–Trinajstić information content (AvgIpc) is 2.58. The summed E-state index contributed by atoms with van der Waals surface area (Å²) >= 11 is 0. The molecular weight excluding hydrogens is 276 g/mol. The van der Waals surface area contributed by atoms with Gasteiger partial charge in [0.1, 0.15) is 17.2 Å². The maximum Gasteiger partial charge on any atom is 0.122 e. The van der Waals surface area contributed by atoms with Crippen molar-refractivity contribution in [3.05, 3.63) is 54.1 Å². The lowest BCUT2D eigenvalue weighted by Crippen LogP contribution is -2.03. The van der Waals surface area contributed by atoms with E-state index in [1.165, 1.54) is 5.56 Å². The Balaban J connectivity index is 1.63. The third-order valence-electron chi connectivity index (χ3n) is 3.48. The number of rotatable bonds is 9. The number of benzene rings is 2. The van der Waals surface area contributed by atoms with Crippen molar-refractivity contribution in [1.82, 2.24) is 0 Å². The van der Waals surface area contributed by atoms with Gasteiger partial charge in [0.2, 0.25) is 0 Å². The highest BCUT2D eigenvalue weighted by atomic mass is 16.5. The minimum Gasteiger partial charge on any atom is -0.497 e. The topological polar surface area (TPSA) is 27.7 Å². The van der Waals surface area contributed by atoms with Crippen LogP contribution in [-0.4, -0.2) is 20.3 Å². The molecule has 0 bridgehead atoms. The molecule has 0 aromatic heterocycles. The van der Waals surface area contributed by atoms with Gasteiger partial charge in [-0.3, -0.25) is 0 Å². The normalized spacial score (nSPS) is 10.3. The summed E-state index contributed by atoms with van der Waals surface area (Å²) in [4.78, 5) is 0. The summed E-state index contributed by atoms with van der Waals surface area (Å²) in [5.74, 6) is 2.72. The van der Waals surface area contributed by atoms with Crippen LogP contribution in [0.2, 0.25) is 0 Å². The Morgan fingerprint density at radius 3 is 2.09 bits per heavy atom. The minimum atomic E-state index is 0.700. The molecule has 0 heterocycles. The van der Waals surface area contributed by atoms with Crippen LogP contribution in [0.4, 0.5) is 0 Å². The summed E-state index contributed by atoms with van der Waals surface area (Å²) in [5, 5.41) is 0. The van der Waals surface area contributed by atoms with Crippen LogP contribution >= 0.6 is 0 Å². The van der Waals surface area contributed by atoms with Crippen LogP contribution in [0.15, 0.2) is 48.5 Å². The first-order chi connectivity index (χ1) is 10.8. The monoisotopic (exact) mass is 300 g/mol. The zero-order valence-electron chi connectivity index (χ0n) is 13.4. The molecule has 0 saturated carbocycles. The van der Waals surface area contributed by atoms with Crippen LogP contribution < -0.4 is 14.2 Å². The number of aryl methyl sites for hydroxylation is 1. The second-order valence-corrected chi connectivity index (χ2v) is 5.04. The molecule has 3 heteroatoms. The van der Waals surface area contributed by atoms with E-state index >= 15 is 0 Å². The number of hydrogen-bond donors (Lipinski definition) is 0. The Morgan fingerprint density at radius 2 is 1.41 bits per heavy atom. The molecule has 0 radical (unpaired) electrons. The quantitative estimate of drug-likeness (QED) is 0.638. The van der Waals surface area contributed by atoms with Crippen molar-refractivity contribution in [3.63, 3.8) is 0 Å². The van der Waals surface area contributed by atoms with E-state index in [1.54, 1.807) is 7.11 Å². The van der Waals surface area contributed by atoms with Crippen LogP contribution in [0.25, 0.3) is 0 Å². The van der Waals surface area contributed by atoms with Gasteiger partial charge in [0, 0.05) is 0 Å². The van der Waals surface area contributed by atoms with Gasteiger partial charge in [0.15, 0.2) is 0 Å². The van der Waals surface area contributed by atoms with Gasteiger partial charge in [0.05, 0.1) is 20.3 Å². The Morgan fingerprint density at radius 1 is 0.773 bits per heavy atom. The first kappa shape index (κ1) is 16.2. The van der Waals surface area contributed by atoms with Gasteiger partial charge in [-0.15, -0.1) is 0 Å². The molecule has 0 saturated heterocycles. The molecule has 0 spiro atoms. The molecular formula is C19H24O3. The lowest BCUT2D eigenvalue weighted by atomic mass is 10.1. The van der Waals surface area contributed by atoms with E-state index in [0.29, 0.717) is 6.61 Å². The predicted molar refractivity (Wildman–Crippen MR) is 89.0 cm³/mol. The largest absolute Gasteiger partial charge is 0.497 e. The Hall–Kier alpha value is -2.16. The lowest BCUT2D eigenvalue weighted by Gasteiger charge is -2.10. The maximum absolute atomic E-state index is 5.84. The summed E-state index contributed by atoms with van der Waals surface area (Å²) < 4.78 is 16.6. The SMILES string of the molecule is CCc1ccccc1OCCCCOc1ccc(OC)cc1. The van der Waals surface area contributed by atoms with Gasteiger partial charge in [-0.1, -0.05) is 25.1 Å². The van der Waals surface area contributed by atoms with E-state index in [-0.39, 0.29) is 0 Å². The van der Waals surface area contributed by atoms with E-state index in [9.17, 15) is 0 Å². The third-order valence-corrected chi connectivity index (χ3v) is 3.48. The zero-order valence-corrected chi connectivity index (χ0v) is 13.4. The number of methoxy groups -OCH3 is 1. The maximum atomic E-state index is 5.84. The number of unbranched alkanes of at least 4 members (excludes halogenated alkanes) is 1. The fourth-order valence-electron chi connectivity index (χ4n) is 2.18. The van der Waals surface area contributed by atoms with Crippen LogP contribution in [-0.2, 0) is 6.42 Å².